The number of methoxy groups -OCH3 is 2. The van der Waals surface area contributed by atoms with E-state index in [1.54, 1.807) is 21.3 Å². The number of aliphatic imine (C=N–C) groups is 1. The average molecular weight is 398 g/mol. The summed E-state index contributed by atoms with van der Waals surface area (Å²) in [5, 5.41) is 6.69. The Morgan fingerprint density at radius 1 is 1.03 bits per heavy atom. The van der Waals surface area contributed by atoms with Gasteiger partial charge in [0.2, 0.25) is 0 Å². The third kappa shape index (κ3) is 5.76. The molecule has 1 saturated heterocycles. The van der Waals surface area contributed by atoms with Gasteiger partial charge in [-0.05, 0) is 48.6 Å². The lowest BCUT2D eigenvalue weighted by atomic mass is 10.1. The third-order valence-corrected chi connectivity index (χ3v) is 5.08. The van der Waals surface area contributed by atoms with Gasteiger partial charge in [-0.3, -0.25) is 4.99 Å². The topological polar surface area (TPSA) is 71.0 Å². The van der Waals surface area contributed by atoms with E-state index >= 15 is 0 Å². The van der Waals surface area contributed by atoms with Gasteiger partial charge in [-0.2, -0.15) is 0 Å². The Hall–Kier alpha value is -2.96. The highest BCUT2D eigenvalue weighted by Crippen LogP contribution is 2.27. The molecule has 1 aliphatic heterocycles. The summed E-state index contributed by atoms with van der Waals surface area (Å²) in [7, 11) is 5.07. The first-order valence-corrected chi connectivity index (χ1v) is 10.1. The number of benzene rings is 1. The number of aromatic nitrogens is 1. The van der Waals surface area contributed by atoms with Crippen molar-refractivity contribution in [2.24, 2.45) is 4.99 Å². The van der Waals surface area contributed by atoms with Crippen molar-refractivity contribution in [2.75, 3.05) is 45.8 Å². The van der Waals surface area contributed by atoms with Gasteiger partial charge in [-0.25, -0.2) is 4.98 Å². The van der Waals surface area contributed by atoms with Crippen LogP contribution in [0.15, 0.2) is 41.5 Å². The highest BCUT2D eigenvalue weighted by atomic mass is 16.5. The summed E-state index contributed by atoms with van der Waals surface area (Å²) in [6.45, 7) is 3.67. The van der Waals surface area contributed by atoms with E-state index in [0.717, 1.165) is 54.9 Å². The van der Waals surface area contributed by atoms with E-state index < -0.39 is 0 Å². The van der Waals surface area contributed by atoms with Crippen LogP contribution in [-0.2, 0) is 13.0 Å². The van der Waals surface area contributed by atoms with Crippen LogP contribution in [0, 0.1) is 0 Å². The molecule has 7 heteroatoms. The van der Waals surface area contributed by atoms with Gasteiger partial charge in [0.25, 0.3) is 0 Å². The summed E-state index contributed by atoms with van der Waals surface area (Å²) in [5.74, 6) is 3.33. The lowest BCUT2D eigenvalue weighted by molar-refractivity contribution is 0.354. The molecular formula is C22H31N5O2. The number of hydrogen-bond acceptors (Lipinski definition) is 5. The van der Waals surface area contributed by atoms with Crippen molar-refractivity contribution < 1.29 is 9.47 Å². The zero-order valence-corrected chi connectivity index (χ0v) is 17.6. The van der Waals surface area contributed by atoms with E-state index in [2.05, 4.69) is 37.6 Å². The number of ether oxygens (including phenoxy) is 2. The Morgan fingerprint density at radius 3 is 2.45 bits per heavy atom. The molecule has 2 aromatic rings. The second-order valence-corrected chi connectivity index (χ2v) is 7.01. The maximum atomic E-state index is 5.36. The van der Waals surface area contributed by atoms with Crippen molar-refractivity contribution in [1.82, 2.24) is 15.6 Å². The van der Waals surface area contributed by atoms with Gasteiger partial charge in [0.05, 0.1) is 14.2 Å². The number of nitrogens with zero attached hydrogens (tertiary/aromatic N) is 3. The smallest absolute Gasteiger partial charge is 0.191 e. The predicted octanol–water partition coefficient (Wildman–Crippen LogP) is 2.61. The fraction of sp³-hybridized carbons (Fsp3) is 0.455. The normalized spacial score (nSPS) is 14.0. The highest BCUT2D eigenvalue weighted by Gasteiger charge is 2.13. The number of guanidine groups is 1. The summed E-state index contributed by atoms with van der Waals surface area (Å²) in [6, 6.07) is 10.2. The first-order valence-electron chi connectivity index (χ1n) is 10.1. The van der Waals surface area contributed by atoms with E-state index in [1.807, 2.05) is 24.4 Å². The average Bonchev–Trinajstić information content (AvgIpc) is 3.31. The van der Waals surface area contributed by atoms with Crippen LogP contribution in [0.3, 0.4) is 0 Å². The molecule has 1 aromatic heterocycles. The molecule has 0 spiro atoms. The van der Waals surface area contributed by atoms with Gasteiger partial charge >= 0.3 is 0 Å². The lowest BCUT2D eigenvalue weighted by Gasteiger charge is -2.16. The van der Waals surface area contributed by atoms with Gasteiger partial charge in [0.1, 0.15) is 5.82 Å². The van der Waals surface area contributed by atoms with E-state index in [4.69, 9.17) is 9.47 Å². The predicted molar refractivity (Wildman–Crippen MR) is 117 cm³/mol. The molecule has 3 rings (SSSR count). The Morgan fingerprint density at radius 2 is 1.79 bits per heavy atom. The van der Waals surface area contributed by atoms with Crippen LogP contribution in [0.4, 0.5) is 5.82 Å². The zero-order valence-electron chi connectivity index (χ0n) is 17.6. The minimum Gasteiger partial charge on any atom is -0.493 e. The molecule has 7 nitrogen and oxygen atoms in total. The Labute approximate surface area is 173 Å². The molecule has 2 N–H and O–H groups in total. The van der Waals surface area contributed by atoms with Crippen LogP contribution < -0.4 is 25.0 Å². The standard InChI is InChI=1S/C22H31N5O2/c1-23-22(24-11-10-17-6-8-19(28-2)20(14-17)29-3)26-16-18-7-9-21(25-15-18)27-12-4-5-13-27/h6-9,14-15H,4-5,10-13,16H2,1-3H3,(H2,23,24,26). The SMILES string of the molecule is CN=C(NCCc1ccc(OC)c(OC)c1)NCc1ccc(N2CCCC2)nc1. The molecule has 0 amide bonds. The fourth-order valence-electron chi connectivity index (χ4n) is 3.42. The first kappa shape index (κ1) is 20.8. The largest absolute Gasteiger partial charge is 0.493 e. The van der Waals surface area contributed by atoms with E-state index in [-0.39, 0.29) is 0 Å². The molecule has 1 aliphatic rings. The number of rotatable bonds is 8. The summed E-state index contributed by atoms with van der Waals surface area (Å²) in [6.07, 6.45) is 5.32. The molecule has 0 saturated carbocycles. The van der Waals surface area contributed by atoms with E-state index in [0.29, 0.717) is 6.54 Å². The second kappa shape index (κ2) is 10.5. The van der Waals surface area contributed by atoms with Gasteiger partial charge < -0.3 is 25.0 Å². The van der Waals surface area contributed by atoms with Crippen LogP contribution in [0.1, 0.15) is 24.0 Å². The zero-order chi connectivity index (χ0) is 20.5. The van der Waals surface area contributed by atoms with Gasteiger partial charge in [0.15, 0.2) is 17.5 Å². The molecule has 0 atom stereocenters. The first-order chi connectivity index (χ1) is 14.2. The third-order valence-electron chi connectivity index (χ3n) is 5.08. The van der Waals surface area contributed by atoms with Crippen molar-refractivity contribution in [3.63, 3.8) is 0 Å². The highest BCUT2D eigenvalue weighted by molar-refractivity contribution is 5.79. The van der Waals surface area contributed by atoms with Crippen LogP contribution in [0.5, 0.6) is 11.5 Å². The monoisotopic (exact) mass is 397 g/mol. The van der Waals surface area contributed by atoms with Crippen molar-refractivity contribution in [3.05, 3.63) is 47.7 Å². The van der Waals surface area contributed by atoms with Gasteiger partial charge in [-0.1, -0.05) is 12.1 Å². The molecule has 29 heavy (non-hydrogen) atoms. The molecular weight excluding hydrogens is 366 g/mol. The van der Waals surface area contributed by atoms with E-state index in [9.17, 15) is 0 Å². The maximum Gasteiger partial charge on any atom is 0.191 e. The van der Waals surface area contributed by atoms with Crippen molar-refractivity contribution in [2.45, 2.75) is 25.8 Å². The van der Waals surface area contributed by atoms with Gasteiger partial charge in [-0.15, -0.1) is 0 Å². The molecule has 0 radical (unpaired) electrons. The summed E-state index contributed by atoms with van der Waals surface area (Å²) < 4.78 is 10.6. The summed E-state index contributed by atoms with van der Waals surface area (Å²) in [5.41, 5.74) is 2.31. The minimum absolute atomic E-state index is 0.684. The Kier molecular flexibility index (Phi) is 7.55. The molecule has 1 fully saturated rings. The quantitative estimate of drug-likeness (QED) is 0.527. The number of pyridine rings is 1. The van der Waals surface area contributed by atoms with Crippen molar-refractivity contribution in [1.29, 1.82) is 0 Å². The van der Waals surface area contributed by atoms with Crippen molar-refractivity contribution in [3.8, 4) is 11.5 Å². The Balaban J connectivity index is 1.45. The molecule has 0 bridgehead atoms. The number of nitrogens with one attached hydrogen (secondary N) is 2. The van der Waals surface area contributed by atoms with Crippen LogP contribution in [-0.4, -0.2) is 51.8 Å². The number of anilines is 1. The Bertz CT molecular complexity index is 801. The molecule has 0 unspecified atom stereocenters. The molecule has 0 aliphatic carbocycles. The number of hydrogen-bond donors (Lipinski definition) is 2. The summed E-state index contributed by atoms with van der Waals surface area (Å²) in [4.78, 5) is 11.2. The van der Waals surface area contributed by atoms with E-state index in [1.165, 1.54) is 18.4 Å². The fourth-order valence-corrected chi connectivity index (χ4v) is 3.42. The summed E-state index contributed by atoms with van der Waals surface area (Å²) >= 11 is 0. The minimum atomic E-state index is 0.684. The molecule has 1 aromatic carbocycles. The lowest BCUT2D eigenvalue weighted by Crippen LogP contribution is -2.37. The maximum absolute atomic E-state index is 5.36. The molecule has 156 valence electrons. The van der Waals surface area contributed by atoms with Crippen molar-refractivity contribution >= 4 is 11.8 Å². The second-order valence-electron chi connectivity index (χ2n) is 7.01. The van der Waals surface area contributed by atoms with Crippen LogP contribution >= 0.6 is 0 Å². The molecule has 2 heterocycles. The van der Waals surface area contributed by atoms with Gasteiger partial charge in [0, 0.05) is 39.4 Å². The van der Waals surface area contributed by atoms with Crippen LogP contribution in [0.2, 0.25) is 0 Å². The van der Waals surface area contributed by atoms with Crippen LogP contribution in [0.25, 0.3) is 0 Å².